The van der Waals surface area contributed by atoms with Gasteiger partial charge in [-0.15, -0.1) is 0 Å². The van der Waals surface area contributed by atoms with Crippen LogP contribution in [0.25, 0.3) is 0 Å². The number of piperazine rings is 1. The van der Waals surface area contributed by atoms with Crippen molar-refractivity contribution in [3.8, 4) is 11.5 Å². The topological polar surface area (TPSA) is 37.4 Å². The summed E-state index contributed by atoms with van der Waals surface area (Å²) in [7, 11) is 5.71. The van der Waals surface area contributed by atoms with Gasteiger partial charge >= 0.3 is 0 Å². The summed E-state index contributed by atoms with van der Waals surface area (Å²) in [6.45, 7) is 7.16. The Morgan fingerprint density at radius 3 is 2.37 bits per heavy atom. The van der Waals surface area contributed by atoms with Crippen molar-refractivity contribution in [2.45, 2.75) is 12.6 Å². The van der Waals surface area contributed by atoms with Gasteiger partial charge in [-0.25, -0.2) is 0 Å². The van der Waals surface area contributed by atoms with Gasteiger partial charge in [0.25, 0.3) is 0 Å². The molecule has 2 aromatic rings. The minimum Gasteiger partial charge on any atom is -0.496 e. The summed E-state index contributed by atoms with van der Waals surface area (Å²) < 4.78 is 17.1. The lowest BCUT2D eigenvalue weighted by atomic mass is 10.0. The number of morpholine rings is 1. The first-order chi connectivity index (χ1) is 14.7. The molecule has 0 saturated carbocycles. The average Bonchev–Trinajstić information content (AvgIpc) is 2.81. The monoisotopic (exact) mass is 411 g/mol. The molecule has 2 saturated heterocycles. The molecule has 30 heavy (non-hydrogen) atoms. The molecule has 1 unspecified atom stereocenters. The number of nitrogens with zero attached hydrogens (tertiary/aromatic N) is 3. The zero-order chi connectivity index (χ0) is 20.9. The molecule has 2 aliphatic rings. The van der Waals surface area contributed by atoms with Crippen LogP contribution in [0.1, 0.15) is 17.2 Å². The highest BCUT2D eigenvalue weighted by Crippen LogP contribution is 2.38. The van der Waals surface area contributed by atoms with E-state index in [9.17, 15) is 0 Å². The van der Waals surface area contributed by atoms with Gasteiger partial charge < -0.3 is 24.0 Å². The highest BCUT2D eigenvalue weighted by Gasteiger charge is 2.28. The molecule has 0 aromatic heterocycles. The minimum atomic E-state index is 0.361. The molecule has 0 radical (unpaired) electrons. The second kappa shape index (κ2) is 9.69. The summed E-state index contributed by atoms with van der Waals surface area (Å²) in [5.74, 6) is 1.82. The van der Waals surface area contributed by atoms with Crippen molar-refractivity contribution in [1.82, 2.24) is 9.80 Å². The zero-order valence-electron chi connectivity index (χ0n) is 18.3. The molecule has 0 aliphatic carbocycles. The number of benzene rings is 2. The molecule has 2 aliphatic heterocycles. The smallest absolute Gasteiger partial charge is 0.142 e. The largest absolute Gasteiger partial charge is 0.496 e. The van der Waals surface area contributed by atoms with E-state index in [1.54, 1.807) is 14.2 Å². The number of anilines is 1. The zero-order valence-corrected chi connectivity index (χ0v) is 18.3. The maximum atomic E-state index is 5.83. The molecular formula is C24H33N3O3. The van der Waals surface area contributed by atoms with Crippen LogP contribution < -0.4 is 14.4 Å². The van der Waals surface area contributed by atoms with Gasteiger partial charge in [-0.2, -0.15) is 0 Å². The van der Waals surface area contributed by atoms with E-state index < -0.39 is 0 Å². The lowest BCUT2D eigenvalue weighted by Crippen LogP contribution is -2.46. The number of methoxy groups -OCH3 is 2. The first-order valence-electron chi connectivity index (χ1n) is 10.7. The van der Waals surface area contributed by atoms with Gasteiger partial charge in [-0.1, -0.05) is 30.3 Å². The van der Waals surface area contributed by atoms with Gasteiger partial charge in [0.15, 0.2) is 0 Å². The molecule has 6 heteroatoms. The first kappa shape index (κ1) is 21.0. The second-order valence-electron chi connectivity index (χ2n) is 8.09. The van der Waals surface area contributed by atoms with Gasteiger partial charge in [-0.3, -0.25) is 4.90 Å². The number of likely N-dealkylation sites (N-methyl/N-ethyl adjacent to an activating group) is 1. The Labute approximate surface area is 179 Å². The van der Waals surface area contributed by atoms with Crippen LogP contribution in [0.5, 0.6) is 11.5 Å². The number of hydrogen-bond acceptors (Lipinski definition) is 6. The molecule has 0 bridgehead atoms. The van der Waals surface area contributed by atoms with Gasteiger partial charge in [-0.05, 0) is 18.7 Å². The molecule has 2 fully saturated rings. The third-order valence-corrected chi connectivity index (χ3v) is 6.19. The van der Waals surface area contributed by atoms with Crippen LogP contribution >= 0.6 is 0 Å². The summed E-state index contributed by atoms with van der Waals surface area (Å²) in [5.41, 5.74) is 3.61. The Bertz CT molecular complexity index is 824. The standard InChI is InChI=1S/C24H33N3O3/c1-25-9-10-27(22(18-25)19-7-5-4-6-8-19)17-20-15-24(29-3)21(16-23(20)28-2)26-11-13-30-14-12-26/h4-8,15-16,22H,9-14,17-18H2,1-3H3. The van der Waals surface area contributed by atoms with Crippen molar-refractivity contribution >= 4 is 5.69 Å². The van der Waals surface area contributed by atoms with E-state index in [0.717, 1.165) is 75.2 Å². The highest BCUT2D eigenvalue weighted by molar-refractivity contribution is 5.64. The Balaban J connectivity index is 1.62. The molecule has 6 nitrogen and oxygen atoms in total. The summed E-state index contributed by atoms with van der Waals surface area (Å²) in [5, 5.41) is 0. The van der Waals surface area contributed by atoms with E-state index in [4.69, 9.17) is 14.2 Å². The minimum absolute atomic E-state index is 0.361. The second-order valence-corrected chi connectivity index (χ2v) is 8.09. The molecule has 2 heterocycles. The number of rotatable bonds is 6. The molecule has 4 rings (SSSR count). The van der Waals surface area contributed by atoms with Crippen molar-refractivity contribution in [2.24, 2.45) is 0 Å². The molecule has 1 atom stereocenters. The predicted octanol–water partition coefficient (Wildman–Crippen LogP) is 3.03. The maximum Gasteiger partial charge on any atom is 0.142 e. The van der Waals surface area contributed by atoms with Crippen molar-refractivity contribution in [1.29, 1.82) is 0 Å². The molecule has 162 valence electrons. The van der Waals surface area contributed by atoms with Gasteiger partial charge in [0.2, 0.25) is 0 Å². The van der Waals surface area contributed by atoms with Crippen molar-refractivity contribution in [3.05, 3.63) is 53.6 Å². The fraction of sp³-hybridized carbons (Fsp3) is 0.500. The van der Waals surface area contributed by atoms with Crippen molar-refractivity contribution in [2.75, 3.05) is 72.1 Å². The predicted molar refractivity (Wildman–Crippen MR) is 120 cm³/mol. The molecule has 0 N–H and O–H groups in total. The van der Waals surface area contributed by atoms with Gasteiger partial charge in [0.1, 0.15) is 11.5 Å². The Kier molecular flexibility index (Phi) is 6.77. The lowest BCUT2D eigenvalue weighted by Gasteiger charge is -2.40. The first-order valence-corrected chi connectivity index (χ1v) is 10.7. The van der Waals surface area contributed by atoms with E-state index in [2.05, 4.69) is 64.2 Å². The van der Waals surface area contributed by atoms with Gasteiger partial charge in [0.05, 0.1) is 33.1 Å². The lowest BCUT2D eigenvalue weighted by molar-refractivity contribution is 0.0826. The van der Waals surface area contributed by atoms with Crippen LogP contribution in [0.4, 0.5) is 5.69 Å². The summed E-state index contributed by atoms with van der Waals surface area (Å²) >= 11 is 0. The fourth-order valence-corrected chi connectivity index (χ4v) is 4.48. The maximum absolute atomic E-state index is 5.83. The van der Waals surface area contributed by atoms with E-state index in [1.165, 1.54) is 5.56 Å². The normalized spacial score (nSPS) is 20.9. The summed E-state index contributed by atoms with van der Waals surface area (Å²) in [6, 6.07) is 15.5. The van der Waals surface area contributed by atoms with Crippen LogP contribution in [-0.4, -0.2) is 77.0 Å². The number of hydrogen-bond donors (Lipinski definition) is 0. The molecule has 0 amide bonds. The molecule has 0 spiro atoms. The highest BCUT2D eigenvalue weighted by atomic mass is 16.5. The number of ether oxygens (including phenoxy) is 3. The van der Waals surface area contributed by atoms with E-state index in [0.29, 0.717) is 6.04 Å². The fourth-order valence-electron chi connectivity index (χ4n) is 4.48. The SMILES string of the molecule is COc1cc(N2CCOCC2)c(OC)cc1CN1CCN(C)CC1c1ccccc1. The van der Waals surface area contributed by atoms with E-state index >= 15 is 0 Å². The molecular weight excluding hydrogens is 378 g/mol. The summed E-state index contributed by atoms with van der Waals surface area (Å²) in [4.78, 5) is 7.28. The van der Waals surface area contributed by atoms with Crippen LogP contribution in [0.15, 0.2) is 42.5 Å². The Morgan fingerprint density at radius 1 is 0.933 bits per heavy atom. The van der Waals surface area contributed by atoms with Crippen LogP contribution in [0, 0.1) is 0 Å². The van der Waals surface area contributed by atoms with Crippen LogP contribution in [0.2, 0.25) is 0 Å². The third kappa shape index (κ3) is 4.56. The van der Waals surface area contributed by atoms with E-state index in [1.807, 2.05) is 0 Å². The van der Waals surface area contributed by atoms with Crippen LogP contribution in [-0.2, 0) is 11.3 Å². The molecule has 2 aromatic carbocycles. The Morgan fingerprint density at radius 2 is 1.67 bits per heavy atom. The average molecular weight is 412 g/mol. The Hall–Kier alpha value is -2.28. The van der Waals surface area contributed by atoms with Gasteiger partial charge in [0, 0.05) is 56.9 Å². The van der Waals surface area contributed by atoms with Crippen molar-refractivity contribution < 1.29 is 14.2 Å². The van der Waals surface area contributed by atoms with Crippen molar-refractivity contribution in [3.63, 3.8) is 0 Å². The van der Waals surface area contributed by atoms with Crippen LogP contribution in [0.3, 0.4) is 0 Å². The van der Waals surface area contributed by atoms with E-state index in [-0.39, 0.29) is 0 Å². The third-order valence-electron chi connectivity index (χ3n) is 6.19. The summed E-state index contributed by atoms with van der Waals surface area (Å²) in [6.07, 6.45) is 0. The quantitative estimate of drug-likeness (QED) is 0.727.